The van der Waals surface area contributed by atoms with E-state index in [9.17, 15) is 14.4 Å². The van der Waals surface area contributed by atoms with Crippen LogP contribution in [0.2, 0.25) is 0 Å². The van der Waals surface area contributed by atoms with Crippen molar-refractivity contribution in [2.75, 3.05) is 12.4 Å². The Morgan fingerprint density at radius 1 is 1.38 bits per heavy atom. The lowest BCUT2D eigenvalue weighted by Crippen LogP contribution is -2.26. The van der Waals surface area contributed by atoms with Crippen molar-refractivity contribution in [3.63, 3.8) is 0 Å². The maximum atomic E-state index is 12.1. The minimum Gasteiger partial charge on any atom is -0.406 e. The topological polar surface area (TPSA) is 88.4 Å². The van der Waals surface area contributed by atoms with Crippen LogP contribution >= 0.6 is 0 Å². The minimum absolute atomic E-state index is 0.104. The van der Waals surface area contributed by atoms with Crippen molar-refractivity contribution in [3.05, 3.63) is 27.6 Å². The average Bonchev–Trinajstić information content (AvgIpc) is 2.47. The van der Waals surface area contributed by atoms with Crippen molar-refractivity contribution in [2.24, 2.45) is 5.92 Å². The van der Waals surface area contributed by atoms with Crippen molar-refractivity contribution in [2.45, 2.75) is 38.5 Å². The summed E-state index contributed by atoms with van der Waals surface area (Å²) in [5, 5.41) is 4.82. The summed E-state index contributed by atoms with van der Waals surface area (Å²) in [5.74, 6) is 0.0182. The Morgan fingerprint density at radius 2 is 2.10 bits per heavy atom. The predicted molar refractivity (Wildman–Crippen MR) is 78.3 cm³/mol. The lowest BCUT2D eigenvalue weighted by atomic mass is 9.84. The summed E-state index contributed by atoms with van der Waals surface area (Å²) in [4.78, 5) is 34.2. The van der Waals surface area contributed by atoms with Gasteiger partial charge < -0.3 is 9.73 Å². The zero-order valence-electron chi connectivity index (χ0n) is 12.1. The van der Waals surface area contributed by atoms with Gasteiger partial charge in [0.25, 0.3) is 5.91 Å². The molecule has 0 unspecified atom stereocenters. The van der Waals surface area contributed by atoms with E-state index in [0.29, 0.717) is 24.3 Å². The van der Waals surface area contributed by atoms with Crippen LogP contribution < -0.4 is 16.3 Å². The van der Waals surface area contributed by atoms with Gasteiger partial charge in [0.05, 0.1) is 0 Å². The first kappa shape index (κ1) is 15.3. The summed E-state index contributed by atoms with van der Waals surface area (Å²) < 4.78 is 5.01. The molecule has 1 saturated carbocycles. The molecule has 6 heteroatoms. The molecule has 1 aliphatic carbocycles. The zero-order chi connectivity index (χ0) is 15.2. The first-order valence-corrected chi connectivity index (χ1v) is 7.25. The molecule has 0 radical (unpaired) electrons. The number of carbonyl (C=O) groups excluding carboxylic acids is 2. The second-order valence-corrected chi connectivity index (χ2v) is 5.34. The Hall–Kier alpha value is -2.11. The molecule has 1 aliphatic rings. The molecule has 1 aromatic rings. The summed E-state index contributed by atoms with van der Waals surface area (Å²) >= 11 is 0. The van der Waals surface area contributed by atoms with Crippen LogP contribution in [-0.2, 0) is 11.2 Å². The maximum Gasteiger partial charge on any atom is 0.337 e. The first-order chi connectivity index (χ1) is 10.2. The Bertz CT molecular complexity index is 574. The van der Waals surface area contributed by atoms with Gasteiger partial charge in [-0.15, -0.1) is 0 Å². The molecule has 1 aromatic heterocycles. The van der Waals surface area contributed by atoms with E-state index in [1.165, 1.54) is 25.3 Å². The third kappa shape index (κ3) is 3.71. The van der Waals surface area contributed by atoms with Crippen LogP contribution in [0.4, 0.5) is 5.88 Å². The Labute approximate surface area is 122 Å². The van der Waals surface area contributed by atoms with Gasteiger partial charge in [-0.05, 0) is 17.9 Å². The molecule has 21 heavy (non-hydrogen) atoms. The highest BCUT2D eigenvalue weighted by Gasteiger charge is 2.22. The van der Waals surface area contributed by atoms with Gasteiger partial charge in [0, 0.05) is 13.1 Å². The van der Waals surface area contributed by atoms with Crippen LogP contribution in [0, 0.1) is 5.92 Å². The second kappa shape index (κ2) is 7.06. The quantitative estimate of drug-likeness (QED) is 0.806. The minimum atomic E-state index is -0.552. The molecular formula is C15H20N2O4. The molecule has 1 fully saturated rings. The monoisotopic (exact) mass is 292 g/mol. The molecule has 0 aliphatic heterocycles. The van der Waals surface area contributed by atoms with Crippen LogP contribution in [0.1, 0.15) is 48.0 Å². The number of amides is 2. The zero-order valence-corrected chi connectivity index (χ0v) is 12.1. The number of hydrogen-bond acceptors (Lipinski definition) is 5. The van der Waals surface area contributed by atoms with Gasteiger partial charge in [-0.25, -0.2) is 4.79 Å². The number of anilines is 1. The maximum absolute atomic E-state index is 12.1. The fourth-order valence-electron chi connectivity index (χ4n) is 2.96. The summed E-state index contributed by atoms with van der Waals surface area (Å²) in [6.45, 7) is 0. The van der Waals surface area contributed by atoms with E-state index in [-0.39, 0.29) is 11.4 Å². The fourth-order valence-corrected chi connectivity index (χ4v) is 2.96. The largest absolute Gasteiger partial charge is 0.406 e. The number of hydrogen-bond donors (Lipinski definition) is 2. The van der Waals surface area contributed by atoms with Crippen molar-refractivity contribution in [1.29, 1.82) is 0 Å². The number of carbonyl (C=O) groups is 2. The van der Waals surface area contributed by atoms with E-state index >= 15 is 0 Å². The number of imide groups is 1. The van der Waals surface area contributed by atoms with Crippen LogP contribution in [0.3, 0.4) is 0 Å². The van der Waals surface area contributed by atoms with E-state index in [2.05, 4.69) is 10.6 Å². The van der Waals surface area contributed by atoms with Gasteiger partial charge in [0.1, 0.15) is 5.56 Å². The van der Waals surface area contributed by atoms with Crippen LogP contribution in [0.25, 0.3) is 0 Å². The van der Waals surface area contributed by atoms with Gasteiger partial charge in [-0.1, -0.05) is 32.1 Å². The Kier molecular flexibility index (Phi) is 5.14. The van der Waals surface area contributed by atoms with Gasteiger partial charge in [-0.3, -0.25) is 14.9 Å². The lowest BCUT2D eigenvalue weighted by Gasteiger charge is -2.22. The summed E-state index contributed by atoms with van der Waals surface area (Å²) in [6.07, 6.45) is 6.79. The molecule has 114 valence electrons. The normalized spacial score (nSPS) is 15.5. The molecule has 0 atom stereocenters. The van der Waals surface area contributed by atoms with Crippen molar-refractivity contribution in [3.8, 4) is 0 Å². The van der Waals surface area contributed by atoms with E-state index in [1.807, 2.05) is 0 Å². The Morgan fingerprint density at radius 3 is 2.71 bits per heavy atom. The lowest BCUT2D eigenvalue weighted by molar-refractivity contribution is -0.108. The second-order valence-electron chi connectivity index (χ2n) is 5.34. The van der Waals surface area contributed by atoms with E-state index < -0.39 is 11.5 Å². The molecule has 2 rings (SSSR count). The molecule has 6 nitrogen and oxygen atoms in total. The van der Waals surface area contributed by atoms with Gasteiger partial charge in [-0.2, -0.15) is 0 Å². The van der Waals surface area contributed by atoms with Gasteiger partial charge >= 0.3 is 5.63 Å². The molecule has 0 bridgehead atoms. The van der Waals surface area contributed by atoms with Crippen molar-refractivity contribution >= 4 is 18.2 Å². The number of nitrogens with one attached hydrogen (secondary N) is 2. The average molecular weight is 292 g/mol. The number of rotatable bonds is 5. The van der Waals surface area contributed by atoms with E-state index in [4.69, 9.17) is 4.42 Å². The van der Waals surface area contributed by atoms with Crippen molar-refractivity contribution in [1.82, 2.24) is 5.32 Å². The molecular weight excluding hydrogens is 272 g/mol. The summed E-state index contributed by atoms with van der Waals surface area (Å²) in [6, 6.07) is 1.36. The highest BCUT2D eigenvalue weighted by Crippen LogP contribution is 2.29. The van der Waals surface area contributed by atoms with E-state index in [0.717, 1.165) is 12.8 Å². The molecule has 0 spiro atoms. The SMILES string of the molecule is CNc1oc(=O)cc(CC2CCCCC2)c1C(=O)NC=O. The Balaban J connectivity index is 2.36. The predicted octanol–water partition coefficient (Wildman–Crippen LogP) is 1.69. The van der Waals surface area contributed by atoms with Crippen molar-refractivity contribution < 1.29 is 14.0 Å². The van der Waals surface area contributed by atoms with Crippen LogP contribution in [-0.4, -0.2) is 19.4 Å². The summed E-state index contributed by atoms with van der Waals surface area (Å²) in [7, 11) is 1.57. The molecule has 1 heterocycles. The molecule has 0 saturated heterocycles. The smallest absolute Gasteiger partial charge is 0.337 e. The third-order valence-electron chi connectivity index (χ3n) is 3.92. The van der Waals surface area contributed by atoms with Gasteiger partial charge in [0.2, 0.25) is 12.3 Å². The van der Waals surface area contributed by atoms with Crippen LogP contribution in [0.15, 0.2) is 15.3 Å². The first-order valence-electron chi connectivity index (χ1n) is 7.25. The third-order valence-corrected chi connectivity index (χ3v) is 3.92. The highest BCUT2D eigenvalue weighted by molar-refractivity contribution is 6.04. The molecule has 2 amide bonds. The molecule has 0 aromatic carbocycles. The van der Waals surface area contributed by atoms with E-state index in [1.54, 1.807) is 7.05 Å². The highest BCUT2D eigenvalue weighted by atomic mass is 16.4. The fraction of sp³-hybridized carbons (Fsp3) is 0.533. The van der Waals surface area contributed by atoms with Crippen LogP contribution in [0.5, 0.6) is 0 Å². The standard InChI is InChI=1S/C15H20N2O4/c1-16-15-13(14(20)17-9-18)11(8-12(19)21-15)7-10-5-3-2-4-6-10/h8-10,16H,2-7H2,1H3,(H,17,18,20). The summed E-state index contributed by atoms with van der Waals surface area (Å²) in [5.41, 5.74) is 0.393. The van der Waals surface area contributed by atoms with Gasteiger partial charge in [0.15, 0.2) is 0 Å². The molecule has 2 N–H and O–H groups in total.